The summed E-state index contributed by atoms with van der Waals surface area (Å²) in [7, 11) is 0. The van der Waals surface area contributed by atoms with Crippen molar-refractivity contribution in [3.05, 3.63) is 65.7 Å². The second-order valence-electron chi connectivity index (χ2n) is 13.1. The number of phenolic OH excluding ortho intramolecular Hbond substituents is 1. The maximum absolute atomic E-state index is 14.3. The van der Waals surface area contributed by atoms with Crippen molar-refractivity contribution >= 4 is 29.8 Å². The highest BCUT2D eigenvalue weighted by Gasteiger charge is 2.45. The zero-order valence-corrected chi connectivity index (χ0v) is 26.7. The summed E-state index contributed by atoms with van der Waals surface area (Å²) < 4.78 is 10.9. The second-order valence-corrected chi connectivity index (χ2v) is 13.1. The number of aromatic hydroxyl groups is 1. The number of alkyl carbamates (subject to hydrolysis) is 1. The molecule has 0 bridgehead atoms. The molecule has 5 N–H and O–H groups in total. The lowest BCUT2D eigenvalue weighted by Crippen LogP contribution is -2.56. The van der Waals surface area contributed by atoms with Crippen molar-refractivity contribution in [1.82, 2.24) is 15.5 Å². The monoisotopic (exact) mass is 624 g/mol. The highest BCUT2D eigenvalue weighted by Crippen LogP contribution is 2.36. The van der Waals surface area contributed by atoms with E-state index < -0.39 is 71.6 Å². The van der Waals surface area contributed by atoms with Gasteiger partial charge in [-0.25, -0.2) is 9.59 Å². The normalized spacial score (nSPS) is 15.2. The third kappa shape index (κ3) is 11.1. The highest BCUT2D eigenvalue weighted by atomic mass is 16.6. The SMILES string of the molecule is CC(C)(C)OC(=O)NC(CC(N)=O)C(=O)N(C1CC1)C(C(=O)NC(Cc1ccccc1)C(=O)OC(C)(C)C)c1cccc(O)c1. The zero-order chi connectivity index (χ0) is 33.5. The van der Waals surface area contributed by atoms with Gasteiger partial charge in [0.1, 0.15) is 35.1 Å². The summed E-state index contributed by atoms with van der Waals surface area (Å²) in [5, 5.41) is 15.5. The van der Waals surface area contributed by atoms with Crippen LogP contribution in [-0.4, -0.2) is 69.1 Å². The van der Waals surface area contributed by atoms with Crippen molar-refractivity contribution < 1.29 is 38.6 Å². The summed E-state index contributed by atoms with van der Waals surface area (Å²) in [6, 6.07) is 10.6. The molecular weight excluding hydrogens is 580 g/mol. The topological polar surface area (TPSA) is 177 Å². The number of hydrogen-bond acceptors (Lipinski definition) is 8. The van der Waals surface area contributed by atoms with Crippen LogP contribution in [0.1, 0.15) is 78.0 Å². The van der Waals surface area contributed by atoms with Gasteiger partial charge < -0.3 is 35.8 Å². The first-order valence-corrected chi connectivity index (χ1v) is 14.9. The van der Waals surface area contributed by atoms with Gasteiger partial charge in [0.05, 0.1) is 6.42 Å². The first kappa shape index (κ1) is 34.9. The first-order valence-electron chi connectivity index (χ1n) is 14.9. The number of carbonyl (C=O) groups excluding carboxylic acids is 5. The Labute approximate surface area is 263 Å². The van der Waals surface area contributed by atoms with E-state index in [2.05, 4.69) is 10.6 Å². The van der Waals surface area contributed by atoms with Crippen molar-refractivity contribution in [1.29, 1.82) is 0 Å². The van der Waals surface area contributed by atoms with Crippen molar-refractivity contribution in [2.45, 2.75) is 103 Å². The maximum atomic E-state index is 14.3. The van der Waals surface area contributed by atoms with Gasteiger partial charge in [0.2, 0.25) is 17.7 Å². The molecule has 3 unspecified atom stereocenters. The van der Waals surface area contributed by atoms with Crippen LogP contribution < -0.4 is 16.4 Å². The number of rotatable bonds is 12. The lowest BCUT2D eigenvalue weighted by atomic mass is 10.00. The molecule has 3 atom stereocenters. The Morgan fingerprint density at radius 3 is 2.04 bits per heavy atom. The molecule has 0 aliphatic heterocycles. The number of carbonyl (C=O) groups is 5. The Hall–Kier alpha value is -4.61. The van der Waals surface area contributed by atoms with Crippen LogP contribution in [0.5, 0.6) is 5.75 Å². The molecular formula is C33H44N4O8. The molecule has 3 rings (SSSR count). The van der Waals surface area contributed by atoms with Gasteiger partial charge in [-0.05, 0) is 77.6 Å². The second kappa shape index (κ2) is 14.4. The molecule has 12 heteroatoms. The molecule has 0 aromatic heterocycles. The predicted octanol–water partition coefficient (Wildman–Crippen LogP) is 3.26. The molecule has 1 aliphatic carbocycles. The van der Waals surface area contributed by atoms with E-state index in [1.807, 2.05) is 30.3 Å². The number of nitrogens with two attached hydrogens (primary N) is 1. The average molecular weight is 625 g/mol. The number of primary amides is 1. The lowest BCUT2D eigenvalue weighted by molar-refractivity contribution is -0.159. The number of amides is 4. The zero-order valence-electron chi connectivity index (χ0n) is 26.7. The van der Waals surface area contributed by atoms with Gasteiger partial charge in [0.15, 0.2) is 0 Å². The predicted molar refractivity (Wildman–Crippen MR) is 166 cm³/mol. The van der Waals surface area contributed by atoms with Crippen LogP contribution in [0.3, 0.4) is 0 Å². The molecule has 1 saturated carbocycles. The summed E-state index contributed by atoms with van der Waals surface area (Å²) in [5.74, 6) is -3.14. The van der Waals surface area contributed by atoms with E-state index in [0.717, 1.165) is 5.56 Å². The summed E-state index contributed by atoms with van der Waals surface area (Å²) in [5.41, 5.74) is 4.74. The Bertz CT molecular complexity index is 1380. The Kier molecular flexibility index (Phi) is 11.2. The summed E-state index contributed by atoms with van der Waals surface area (Å²) in [4.78, 5) is 67.8. The molecule has 2 aromatic rings. The average Bonchev–Trinajstić information content (AvgIpc) is 3.74. The van der Waals surface area contributed by atoms with Gasteiger partial charge in [-0.2, -0.15) is 0 Å². The van der Waals surface area contributed by atoms with E-state index in [9.17, 15) is 29.1 Å². The molecule has 0 radical (unpaired) electrons. The van der Waals surface area contributed by atoms with Gasteiger partial charge >= 0.3 is 12.1 Å². The molecule has 0 spiro atoms. The van der Waals surface area contributed by atoms with Crippen LogP contribution in [-0.2, 0) is 35.1 Å². The third-order valence-corrected chi connectivity index (χ3v) is 6.59. The van der Waals surface area contributed by atoms with Crippen molar-refractivity contribution in [2.24, 2.45) is 5.73 Å². The number of phenols is 1. The summed E-state index contributed by atoms with van der Waals surface area (Å²) in [6.45, 7) is 10.1. The molecule has 4 amide bonds. The minimum Gasteiger partial charge on any atom is -0.508 e. The van der Waals surface area contributed by atoms with Gasteiger partial charge in [-0.1, -0.05) is 42.5 Å². The fraction of sp³-hybridized carbons (Fsp3) is 0.485. The summed E-state index contributed by atoms with van der Waals surface area (Å²) >= 11 is 0. The van der Waals surface area contributed by atoms with Crippen LogP contribution in [0.4, 0.5) is 4.79 Å². The standard InChI is InChI=1S/C33H44N4O8/c1-32(2,3)44-30(42)25(17-20-11-8-7-9-12-20)35-28(40)27(21-13-10-14-23(38)18-21)37(22-15-16-22)29(41)24(19-26(34)39)36-31(43)45-33(4,5)6/h7-14,18,22,24-25,27,38H,15-17,19H2,1-6H3,(H2,34,39)(H,35,40)(H,36,43). The Morgan fingerprint density at radius 2 is 1.51 bits per heavy atom. The molecule has 0 heterocycles. The van der Waals surface area contributed by atoms with Gasteiger partial charge in [-0.15, -0.1) is 0 Å². The third-order valence-electron chi connectivity index (χ3n) is 6.59. The number of nitrogens with one attached hydrogen (secondary N) is 2. The number of benzene rings is 2. The number of hydrogen-bond donors (Lipinski definition) is 4. The van der Waals surface area contributed by atoms with Crippen LogP contribution in [0.2, 0.25) is 0 Å². The van der Waals surface area contributed by atoms with E-state index in [1.54, 1.807) is 47.6 Å². The first-order chi connectivity index (χ1) is 20.9. The number of ether oxygens (including phenoxy) is 2. The Morgan fingerprint density at radius 1 is 0.889 bits per heavy atom. The minimum atomic E-state index is -1.45. The van der Waals surface area contributed by atoms with E-state index >= 15 is 0 Å². The van der Waals surface area contributed by atoms with Crippen molar-refractivity contribution in [2.75, 3.05) is 0 Å². The van der Waals surface area contributed by atoms with Crippen LogP contribution >= 0.6 is 0 Å². The number of esters is 1. The fourth-order valence-electron chi connectivity index (χ4n) is 4.70. The molecule has 244 valence electrons. The van der Waals surface area contributed by atoms with Crippen LogP contribution in [0.25, 0.3) is 0 Å². The lowest BCUT2D eigenvalue weighted by Gasteiger charge is -2.35. The van der Waals surface area contributed by atoms with E-state index in [1.165, 1.54) is 23.1 Å². The van der Waals surface area contributed by atoms with Crippen LogP contribution in [0, 0.1) is 0 Å². The van der Waals surface area contributed by atoms with Gasteiger partial charge in [0.25, 0.3) is 0 Å². The van der Waals surface area contributed by atoms with E-state index in [4.69, 9.17) is 15.2 Å². The maximum Gasteiger partial charge on any atom is 0.408 e. The molecule has 1 fully saturated rings. The quantitative estimate of drug-likeness (QED) is 0.260. The van der Waals surface area contributed by atoms with E-state index in [-0.39, 0.29) is 17.7 Å². The Balaban J connectivity index is 2.03. The van der Waals surface area contributed by atoms with Crippen LogP contribution in [0.15, 0.2) is 54.6 Å². The van der Waals surface area contributed by atoms with Crippen molar-refractivity contribution in [3.8, 4) is 5.75 Å². The van der Waals surface area contributed by atoms with Gasteiger partial charge in [-0.3, -0.25) is 14.4 Å². The summed E-state index contributed by atoms with van der Waals surface area (Å²) in [6.07, 6.45) is -0.294. The fourth-order valence-corrected chi connectivity index (χ4v) is 4.70. The molecule has 0 saturated heterocycles. The van der Waals surface area contributed by atoms with Gasteiger partial charge in [0, 0.05) is 12.5 Å². The smallest absolute Gasteiger partial charge is 0.408 e. The van der Waals surface area contributed by atoms with E-state index in [0.29, 0.717) is 12.8 Å². The minimum absolute atomic E-state index is 0.107. The number of nitrogens with zero attached hydrogens (tertiary/aromatic N) is 1. The molecule has 12 nitrogen and oxygen atoms in total. The molecule has 1 aliphatic rings. The molecule has 45 heavy (non-hydrogen) atoms. The highest BCUT2D eigenvalue weighted by molar-refractivity contribution is 5.96. The largest absolute Gasteiger partial charge is 0.508 e. The van der Waals surface area contributed by atoms with Crippen molar-refractivity contribution in [3.63, 3.8) is 0 Å². The molecule has 2 aromatic carbocycles.